The molecule has 0 bridgehead atoms. The van der Waals surface area contributed by atoms with Crippen LogP contribution < -0.4 is 14.2 Å². The Morgan fingerprint density at radius 1 is 0.970 bits per heavy atom. The van der Waals surface area contributed by atoms with Crippen molar-refractivity contribution in [1.29, 1.82) is 0 Å². The largest absolute Gasteiger partial charge is 0.493 e. The topological polar surface area (TPSA) is 83.5 Å². The predicted octanol–water partition coefficient (Wildman–Crippen LogP) is 4.58. The minimum atomic E-state index is -0.180. The zero-order chi connectivity index (χ0) is 24.1. The molecule has 1 atom stereocenters. The maximum absolute atomic E-state index is 11.9. The van der Waals surface area contributed by atoms with Crippen LogP contribution in [-0.2, 0) is 27.5 Å². The zero-order valence-electron chi connectivity index (χ0n) is 19.7. The normalized spacial score (nSPS) is 14.9. The van der Waals surface area contributed by atoms with Crippen LogP contribution in [0.2, 0.25) is 0 Å². The number of likely N-dealkylation sites (tertiary alicyclic amines) is 1. The number of hydrogen-bond acceptors (Lipinski definition) is 7. The number of methoxy groups -OCH3 is 3. The van der Waals surface area contributed by atoms with Crippen LogP contribution in [-0.4, -0.2) is 51.4 Å². The molecule has 0 N–H and O–H groups in total. The molecule has 0 aliphatic carbocycles. The van der Waals surface area contributed by atoms with Crippen LogP contribution in [0.3, 0.4) is 0 Å². The van der Waals surface area contributed by atoms with Gasteiger partial charge in [0.05, 0.1) is 21.3 Å². The van der Waals surface area contributed by atoms with Crippen LogP contribution in [0.15, 0.2) is 42.5 Å². The molecule has 1 amide bonds. The molecule has 0 radical (unpaired) electrons. The molecule has 8 heteroatoms. The molecule has 8 nitrogen and oxygen atoms in total. The van der Waals surface area contributed by atoms with Crippen LogP contribution in [0.4, 0.5) is 4.79 Å². The SMILES string of the molecule is CC1CCCCN1C(=O)OCc1ccccc1.COc1cc(COC=O)cc(OC)c1OC. The van der Waals surface area contributed by atoms with Crippen molar-refractivity contribution in [2.24, 2.45) is 0 Å². The average molecular weight is 460 g/mol. The first-order valence-corrected chi connectivity index (χ1v) is 10.9. The summed E-state index contributed by atoms with van der Waals surface area (Å²) in [4.78, 5) is 23.8. The highest BCUT2D eigenvalue weighted by atomic mass is 16.6. The number of carbonyl (C=O) groups excluding carboxylic acids is 2. The zero-order valence-corrected chi connectivity index (χ0v) is 19.7. The molecule has 0 aromatic heterocycles. The molecule has 1 aliphatic heterocycles. The standard InChI is InChI=1S/C14H19NO2.C11H14O5/c1-12-7-5-6-10-15(12)14(16)17-11-13-8-3-2-4-9-13;1-13-9-4-8(6-16-7-12)5-10(14-2)11(9)15-3/h2-4,8-9,12H,5-7,10-11H2,1H3;4-5,7H,6H2,1-3H3. The Morgan fingerprint density at radius 3 is 2.18 bits per heavy atom. The van der Waals surface area contributed by atoms with Crippen LogP contribution >= 0.6 is 0 Å². The molecule has 0 spiro atoms. The monoisotopic (exact) mass is 459 g/mol. The van der Waals surface area contributed by atoms with Crippen molar-refractivity contribution in [3.63, 3.8) is 0 Å². The second-order valence-electron chi connectivity index (χ2n) is 7.52. The smallest absolute Gasteiger partial charge is 0.410 e. The van der Waals surface area contributed by atoms with Crippen molar-refractivity contribution in [2.75, 3.05) is 27.9 Å². The first-order chi connectivity index (χ1) is 16.0. The number of carbonyl (C=O) groups is 2. The summed E-state index contributed by atoms with van der Waals surface area (Å²) < 4.78 is 25.4. The lowest BCUT2D eigenvalue weighted by molar-refractivity contribution is -0.129. The lowest BCUT2D eigenvalue weighted by Gasteiger charge is -2.32. The van der Waals surface area contributed by atoms with E-state index in [4.69, 9.17) is 18.9 Å². The van der Waals surface area contributed by atoms with E-state index in [2.05, 4.69) is 11.7 Å². The van der Waals surface area contributed by atoms with Crippen LogP contribution in [0, 0.1) is 0 Å². The first kappa shape index (κ1) is 25.8. The van der Waals surface area contributed by atoms with Gasteiger partial charge in [0, 0.05) is 12.6 Å². The molecule has 2 aromatic rings. The molecule has 33 heavy (non-hydrogen) atoms. The number of ether oxygens (including phenoxy) is 5. The van der Waals surface area contributed by atoms with Crippen molar-refractivity contribution in [3.05, 3.63) is 53.6 Å². The van der Waals surface area contributed by atoms with Gasteiger partial charge in [0.1, 0.15) is 13.2 Å². The third kappa shape index (κ3) is 7.89. The minimum Gasteiger partial charge on any atom is -0.493 e. The van der Waals surface area contributed by atoms with E-state index in [1.54, 1.807) is 12.1 Å². The number of rotatable bonds is 8. The van der Waals surface area contributed by atoms with E-state index in [-0.39, 0.29) is 12.7 Å². The first-order valence-electron chi connectivity index (χ1n) is 10.9. The summed E-state index contributed by atoms with van der Waals surface area (Å²) in [5.74, 6) is 1.58. The number of amides is 1. The summed E-state index contributed by atoms with van der Waals surface area (Å²) in [6.07, 6.45) is 3.20. The number of hydrogen-bond donors (Lipinski definition) is 0. The highest BCUT2D eigenvalue weighted by Crippen LogP contribution is 2.38. The Balaban J connectivity index is 0.000000234. The van der Waals surface area contributed by atoms with E-state index >= 15 is 0 Å². The van der Waals surface area contributed by atoms with E-state index in [1.807, 2.05) is 35.2 Å². The van der Waals surface area contributed by atoms with Gasteiger partial charge in [0.15, 0.2) is 11.5 Å². The summed E-state index contributed by atoms with van der Waals surface area (Å²) in [5.41, 5.74) is 1.80. The van der Waals surface area contributed by atoms with Crippen molar-refractivity contribution < 1.29 is 33.3 Å². The fourth-order valence-electron chi connectivity index (χ4n) is 3.52. The van der Waals surface area contributed by atoms with Gasteiger partial charge in [-0.15, -0.1) is 0 Å². The predicted molar refractivity (Wildman–Crippen MR) is 124 cm³/mol. The Hall–Kier alpha value is -3.42. The van der Waals surface area contributed by atoms with Crippen LogP contribution in [0.5, 0.6) is 17.2 Å². The molecule has 2 aromatic carbocycles. The van der Waals surface area contributed by atoms with Gasteiger partial charge in [-0.05, 0) is 49.4 Å². The molecule has 1 heterocycles. The highest BCUT2D eigenvalue weighted by Gasteiger charge is 2.24. The second-order valence-corrected chi connectivity index (χ2v) is 7.52. The molecule has 0 saturated carbocycles. The van der Waals surface area contributed by atoms with E-state index in [0.717, 1.165) is 30.5 Å². The van der Waals surface area contributed by atoms with Crippen molar-refractivity contribution in [2.45, 2.75) is 45.4 Å². The summed E-state index contributed by atoms with van der Waals surface area (Å²) in [5, 5.41) is 0. The van der Waals surface area contributed by atoms with E-state index in [9.17, 15) is 9.59 Å². The molecule has 1 fully saturated rings. The fourth-order valence-corrected chi connectivity index (χ4v) is 3.52. The van der Waals surface area contributed by atoms with Crippen molar-refractivity contribution in [1.82, 2.24) is 4.90 Å². The molecule has 1 saturated heterocycles. The van der Waals surface area contributed by atoms with Gasteiger partial charge in [0.25, 0.3) is 6.47 Å². The van der Waals surface area contributed by atoms with Crippen LogP contribution in [0.25, 0.3) is 0 Å². The quantitative estimate of drug-likeness (QED) is 0.534. The third-order valence-corrected chi connectivity index (χ3v) is 5.29. The minimum absolute atomic E-state index is 0.167. The van der Waals surface area contributed by atoms with E-state index < -0.39 is 0 Å². The maximum atomic E-state index is 11.9. The van der Waals surface area contributed by atoms with Crippen LogP contribution in [0.1, 0.15) is 37.3 Å². The molecular formula is C25H33NO7. The molecule has 1 aliphatic rings. The summed E-state index contributed by atoms with van der Waals surface area (Å²) >= 11 is 0. The third-order valence-electron chi connectivity index (χ3n) is 5.29. The average Bonchev–Trinajstić information content (AvgIpc) is 2.86. The Bertz CT molecular complexity index is 847. The molecule has 3 rings (SSSR count). The molecule has 1 unspecified atom stereocenters. The number of nitrogens with zero attached hydrogens (tertiary/aromatic N) is 1. The summed E-state index contributed by atoms with van der Waals surface area (Å²) in [6.45, 7) is 3.84. The van der Waals surface area contributed by atoms with Gasteiger partial charge in [-0.25, -0.2) is 4.79 Å². The fraction of sp³-hybridized carbons (Fsp3) is 0.440. The maximum Gasteiger partial charge on any atom is 0.410 e. The van der Waals surface area contributed by atoms with Gasteiger partial charge in [-0.3, -0.25) is 4.79 Å². The lowest BCUT2D eigenvalue weighted by Crippen LogP contribution is -2.42. The van der Waals surface area contributed by atoms with Gasteiger partial charge in [0.2, 0.25) is 5.75 Å². The van der Waals surface area contributed by atoms with Crippen molar-refractivity contribution >= 4 is 12.6 Å². The van der Waals surface area contributed by atoms with Gasteiger partial charge in [-0.2, -0.15) is 0 Å². The molecular weight excluding hydrogens is 426 g/mol. The van der Waals surface area contributed by atoms with E-state index in [0.29, 0.717) is 36.4 Å². The second kappa shape index (κ2) is 13.9. The Kier molecular flexibility index (Phi) is 10.9. The Morgan fingerprint density at radius 2 is 1.64 bits per heavy atom. The lowest BCUT2D eigenvalue weighted by atomic mass is 10.0. The highest BCUT2D eigenvalue weighted by molar-refractivity contribution is 5.68. The van der Waals surface area contributed by atoms with E-state index in [1.165, 1.54) is 27.8 Å². The number of piperidine rings is 1. The van der Waals surface area contributed by atoms with Crippen molar-refractivity contribution in [3.8, 4) is 17.2 Å². The van der Waals surface area contributed by atoms with Gasteiger partial charge >= 0.3 is 6.09 Å². The summed E-state index contributed by atoms with van der Waals surface area (Å²) in [6, 6.07) is 13.6. The molecule has 180 valence electrons. The van der Waals surface area contributed by atoms with Gasteiger partial charge in [-0.1, -0.05) is 30.3 Å². The Labute approximate surface area is 195 Å². The summed E-state index contributed by atoms with van der Waals surface area (Å²) in [7, 11) is 4.59. The van der Waals surface area contributed by atoms with Gasteiger partial charge < -0.3 is 28.6 Å². The number of benzene rings is 2.